The van der Waals surface area contributed by atoms with Crippen LogP contribution in [0.3, 0.4) is 0 Å². The molecule has 1 heterocycles. The van der Waals surface area contributed by atoms with Crippen LogP contribution in [0.15, 0.2) is 47.7 Å². The van der Waals surface area contributed by atoms with Crippen LogP contribution >= 0.6 is 12.2 Å². The molecular formula is C19H20N2O3S. The minimum atomic E-state index is -0.386. The van der Waals surface area contributed by atoms with Gasteiger partial charge in [0.2, 0.25) is 0 Å². The minimum absolute atomic E-state index is 0.316. The van der Waals surface area contributed by atoms with Crippen LogP contribution in [0.5, 0.6) is 5.75 Å². The first-order chi connectivity index (χ1) is 12.1. The van der Waals surface area contributed by atoms with Gasteiger partial charge in [0.25, 0.3) is 0 Å². The van der Waals surface area contributed by atoms with E-state index in [1.807, 2.05) is 43.3 Å². The predicted octanol–water partition coefficient (Wildman–Crippen LogP) is 3.20. The molecule has 2 aromatic rings. The molecule has 1 atom stereocenters. The van der Waals surface area contributed by atoms with E-state index in [4.69, 9.17) is 21.7 Å². The fourth-order valence-electron chi connectivity index (χ4n) is 3.13. The second-order valence-electron chi connectivity index (χ2n) is 5.69. The van der Waals surface area contributed by atoms with Gasteiger partial charge in [-0.25, -0.2) is 4.79 Å². The molecule has 1 aliphatic heterocycles. The molecule has 0 radical (unpaired) electrons. The van der Waals surface area contributed by atoms with E-state index in [1.165, 1.54) is 0 Å². The molecule has 1 aliphatic rings. The van der Waals surface area contributed by atoms with Crippen LogP contribution < -0.4 is 15.4 Å². The first kappa shape index (κ1) is 17.2. The number of carbonyl (C=O) groups excluding carboxylic acids is 1. The Morgan fingerprint density at radius 1 is 1.20 bits per heavy atom. The summed E-state index contributed by atoms with van der Waals surface area (Å²) >= 11 is 5.30. The van der Waals surface area contributed by atoms with Crippen LogP contribution in [0.4, 0.5) is 0 Å². The lowest BCUT2D eigenvalue weighted by Crippen LogP contribution is -2.45. The van der Waals surface area contributed by atoms with Crippen molar-refractivity contribution in [1.29, 1.82) is 0 Å². The van der Waals surface area contributed by atoms with Crippen LogP contribution in [0, 0.1) is 0 Å². The zero-order valence-corrected chi connectivity index (χ0v) is 15.2. The number of allylic oxidation sites excluding steroid dienone is 1. The fraction of sp³-hybridized carbons (Fsp3) is 0.263. The summed E-state index contributed by atoms with van der Waals surface area (Å²) < 4.78 is 10.7. The van der Waals surface area contributed by atoms with Crippen molar-refractivity contribution < 1.29 is 14.3 Å². The van der Waals surface area contributed by atoms with E-state index in [-0.39, 0.29) is 12.0 Å². The number of carbonyl (C=O) groups is 1. The van der Waals surface area contributed by atoms with Crippen LogP contribution in [0.1, 0.15) is 25.5 Å². The van der Waals surface area contributed by atoms with Crippen LogP contribution in [0.25, 0.3) is 10.8 Å². The Morgan fingerprint density at radius 3 is 2.60 bits per heavy atom. The fourth-order valence-corrected chi connectivity index (χ4v) is 3.40. The van der Waals surface area contributed by atoms with E-state index in [9.17, 15) is 4.79 Å². The summed E-state index contributed by atoms with van der Waals surface area (Å²) in [5, 5.41) is 8.68. The number of nitrogens with one attached hydrogen (secondary N) is 2. The largest absolute Gasteiger partial charge is 0.496 e. The zero-order chi connectivity index (χ0) is 18.0. The van der Waals surface area contributed by atoms with Gasteiger partial charge >= 0.3 is 5.97 Å². The third kappa shape index (κ3) is 3.17. The molecule has 0 spiro atoms. The van der Waals surface area contributed by atoms with Crippen molar-refractivity contribution in [3.63, 3.8) is 0 Å². The number of hydrogen-bond donors (Lipinski definition) is 2. The second kappa shape index (κ2) is 7.11. The molecular weight excluding hydrogens is 336 g/mol. The molecule has 25 heavy (non-hydrogen) atoms. The highest BCUT2D eigenvalue weighted by atomic mass is 32.1. The summed E-state index contributed by atoms with van der Waals surface area (Å²) in [7, 11) is 1.65. The van der Waals surface area contributed by atoms with Crippen molar-refractivity contribution in [3.8, 4) is 5.75 Å². The number of fused-ring (bicyclic) bond motifs is 1. The third-order valence-corrected chi connectivity index (χ3v) is 4.43. The van der Waals surface area contributed by atoms with Gasteiger partial charge in [0.1, 0.15) is 5.75 Å². The molecule has 0 aliphatic carbocycles. The van der Waals surface area contributed by atoms with Gasteiger partial charge in [0.05, 0.1) is 25.3 Å². The number of esters is 1. The van der Waals surface area contributed by atoms with Crippen molar-refractivity contribution in [2.75, 3.05) is 13.7 Å². The van der Waals surface area contributed by atoms with E-state index in [2.05, 4.69) is 10.6 Å². The van der Waals surface area contributed by atoms with Crippen molar-refractivity contribution in [2.24, 2.45) is 0 Å². The summed E-state index contributed by atoms with van der Waals surface area (Å²) in [5.74, 6) is 0.432. The average molecular weight is 356 g/mol. The van der Waals surface area contributed by atoms with Crippen molar-refractivity contribution in [2.45, 2.75) is 19.9 Å². The smallest absolute Gasteiger partial charge is 0.338 e. The Kier molecular flexibility index (Phi) is 4.90. The lowest BCUT2D eigenvalue weighted by Gasteiger charge is -2.30. The molecule has 0 fully saturated rings. The molecule has 130 valence electrons. The van der Waals surface area contributed by atoms with E-state index in [1.54, 1.807) is 14.0 Å². The summed E-state index contributed by atoms with van der Waals surface area (Å²) in [4.78, 5) is 12.5. The Bertz CT molecular complexity index is 876. The Balaban J connectivity index is 2.19. The van der Waals surface area contributed by atoms with Gasteiger partial charge in [-0.3, -0.25) is 0 Å². The van der Waals surface area contributed by atoms with Crippen LogP contribution in [0.2, 0.25) is 0 Å². The van der Waals surface area contributed by atoms with E-state index < -0.39 is 0 Å². The zero-order valence-electron chi connectivity index (χ0n) is 14.4. The maximum Gasteiger partial charge on any atom is 0.338 e. The number of methoxy groups -OCH3 is 1. The van der Waals surface area contributed by atoms with Crippen LogP contribution in [-0.2, 0) is 9.53 Å². The number of hydrogen-bond acceptors (Lipinski definition) is 4. The van der Waals surface area contributed by atoms with E-state index in [0.29, 0.717) is 23.0 Å². The Labute approximate surface area is 152 Å². The van der Waals surface area contributed by atoms with Gasteiger partial charge in [-0.05, 0) is 43.1 Å². The summed E-state index contributed by atoms with van der Waals surface area (Å²) in [6, 6.07) is 11.4. The molecule has 2 aromatic carbocycles. The topological polar surface area (TPSA) is 59.6 Å². The van der Waals surface area contributed by atoms with Gasteiger partial charge in [0.15, 0.2) is 5.11 Å². The predicted molar refractivity (Wildman–Crippen MR) is 101 cm³/mol. The molecule has 0 saturated heterocycles. The standard InChI is InChI=1S/C19H20N2O3S/c1-4-24-18(22)16-11(2)20-19(25)21-17(16)14-9-10-15(23-3)13-8-6-5-7-12(13)14/h5-10,17H,4H2,1-3H3,(H2,20,21,25). The van der Waals surface area contributed by atoms with Crippen LogP contribution in [-0.4, -0.2) is 24.8 Å². The number of benzene rings is 2. The molecule has 5 nitrogen and oxygen atoms in total. The molecule has 1 unspecified atom stereocenters. The molecule has 0 amide bonds. The van der Waals surface area contributed by atoms with E-state index >= 15 is 0 Å². The maximum atomic E-state index is 12.5. The van der Waals surface area contributed by atoms with E-state index in [0.717, 1.165) is 22.1 Å². The second-order valence-corrected chi connectivity index (χ2v) is 6.10. The SMILES string of the molecule is CCOC(=O)C1=C(C)NC(=S)NC1c1ccc(OC)c2ccccc12. The number of ether oxygens (including phenoxy) is 2. The number of thiocarbonyl (C=S) groups is 1. The summed E-state index contributed by atoms with van der Waals surface area (Å²) in [6.45, 7) is 3.94. The maximum absolute atomic E-state index is 12.5. The van der Waals surface area contributed by atoms with Gasteiger partial charge < -0.3 is 20.1 Å². The van der Waals surface area contributed by atoms with Gasteiger partial charge in [0, 0.05) is 11.1 Å². The average Bonchev–Trinajstić information content (AvgIpc) is 2.60. The molecule has 0 saturated carbocycles. The highest BCUT2D eigenvalue weighted by molar-refractivity contribution is 7.80. The minimum Gasteiger partial charge on any atom is -0.496 e. The van der Waals surface area contributed by atoms with Gasteiger partial charge in [-0.1, -0.05) is 30.3 Å². The molecule has 2 N–H and O–H groups in total. The Morgan fingerprint density at radius 2 is 1.92 bits per heavy atom. The quantitative estimate of drug-likeness (QED) is 0.648. The van der Waals surface area contributed by atoms with Crippen molar-refractivity contribution >= 4 is 34.1 Å². The number of rotatable bonds is 4. The molecule has 0 aromatic heterocycles. The lowest BCUT2D eigenvalue weighted by atomic mass is 9.91. The van der Waals surface area contributed by atoms with Gasteiger partial charge in [-0.15, -0.1) is 0 Å². The highest BCUT2D eigenvalue weighted by Gasteiger charge is 2.32. The monoisotopic (exact) mass is 356 g/mol. The van der Waals surface area contributed by atoms with Crippen molar-refractivity contribution in [1.82, 2.24) is 10.6 Å². The molecule has 6 heteroatoms. The van der Waals surface area contributed by atoms with Crippen molar-refractivity contribution in [3.05, 3.63) is 53.2 Å². The molecule has 0 bridgehead atoms. The summed E-state index contributed by atoms with van der Waals surface area (Å²) in [5.41, 5.74) is 2.18. The summed E-state index contributed by atoms with van der Waals surface area (Å²) in [6.07, 6.45) is 0. The highest BCUT2D eigenvalue weighted by Crippen LogP contribution is 2.36. The Hall–Kier alpha value is -2.60. The normalized spacial score (nSPS) is 17.1. The first-order valence-electron chi connectivity index (χ1n) is 8.07. The molecule has 3 rings (SSSR count). The lowest BCUT2D eigenvalue weighted by molar-refractivity contribution is -0.139. The third-order valence-electron chi connectivity index (χ3n) is 4.21. The van der Waals surface area contributed by atoms with Gasteiger partial charge in [-0.2, -0.15) is 0 Å². The first-order valence-corrected chi connectivity index (χ1v) is 8.48.